The van der Waals surface area contributed by atoms with Crippen LogP contribution < -0.4 is 4.72 Å². The van der Waals surface area contributed by atoms with E-state index in [9.17, 15) is 13.2 Å². The molecule has 0 bridgehead atoms. The van der Waals surface area contributed by atoms with Crippen molar-refractivity contribution in [1.82, 2.24) is 4.72 Å². The van der Waals surface area contributed by atoms with Crippen LogP contribution in [-0.4, -0.2) is 33.6 Å². The molecule has 1 atom stereocenters. The second-order valence-electron chi connectivity index (χ2n) is 6.21. The number of carbonyl (C=O) groups excluding carboxylic acids is 1. The number of hydrogen-bond donors (Lipinski definition) is 1. The minimum Gasteiger partial charge on any atom is -0.457 e. The van der Waals surface area contributed by atoms with E-state index in [-0.39, 0.29) is 29.7 Å². The van der Waals surface area contributed by atoms with E-state index in [0.717, 1.165) is 18.4 Å². The number of benzene rings is 2. The topological polar surface area (TPSA) is 81.7 Å². The molecular formula is C19H20ClNO5S. The van der Waals surface area contributed by atoms with Crippen LogP contribution in [0, 0.1) is 0 Å². The molecule has 0 aromatic heterocycles. The van der Waals surface area contributed by atoms with Gasteiger partial charge in [0.2, 0.25) is 10.0 Å². The first kappa shape index (κ1) is 19.8. The lowest BCUT2D eigenvalue weighted by Gasteiger charge is -2.11. The molecule has 1 unspecified atom stereocenters. The van der Waals surface area contributed by atoms with Gasteiger partial charge in [-0.1, -0.05) is 23.7 Å². The standard InChI is InChI=1S/C19H20ClNO5S/c20-16-7-3-14(4-8-16)13-26-19(22)15-5-9-18(10-6-15)27(23,24)21-12-17-2-1-11-25-17/h3-10,17,21H,1-2,11-13H2. The molecule has 2 aromatic carbocycles. The summed E-state index contributed by atoms with van der Waals surface area (Å²) in [4.78, 5) is 12.2. The number of hydrogen-bond acceptors (Lipinski definition) is 5. The highest BCUT2D eigenvalue weighted by atomic mass is 35.5. The third kappa shape index (κ3) is 5.52. The minimum absolute atomic E-state index is 0.0816. The molecule has 2 aromatic rings. The molecule has 1 N–H and O–H groups in total. The van der Waals surface area contributed by atoms with E-state index < -0.39 is 16.0 Å². The number of carbonyl (C=O) groups is 1. The highest BCUT2D eigenvalue weighted by molar-refractivity contribution is 7.89. The van der Waals surface area contributed by atoms with Gasteiger partial charge in [-0.2, -0.15) is 0 Å². The van der Waals surface area contributed by atoms with E-state index in [0.29, 0.717) is 11.6 Å². The van der Waals surface area contributed by atoms with Crippen molar-refractivity contribution in [3.63, 3.8) is 0 Å². The van der Waals surface area contributed by atoms with Gasteiger partial charge in [-0.25, -0.2) is 17.9 Å². The predicted molar refractivity (Wildman–Crippen MR) is 101 cm³/mol. The highest BCUT2D eigenvalue weighted by Crippen LogP contribution is 2.15. The fraction of sp³-hybridized carbons (Fsp3) is 0.316. The van der Waals surface area contributed by atoms with Gasteiger partial charge in [-0.15, -0.1) is 0 Å². The zero-order valence-corrected chi connectivity index (χ0v) is 16.1. The summed E-state index contributed by atoms with van der Waals surface area (Å²) in [5.74, 6) is -0.527. The molecule has 8 heteroatoms. The monoisotopic (exact) mass is 409 g/mol. The van der Waals surface area contributed by atoms with Crippen molar-refractivity contribution in [3.05, 3.63) is 64.7 Å². The number of sulfonamides is 1. The molecule has 144 valence electrons. The first-order valence-corrected chi connectivity index (χ1v) is 10.4. The van der Waals surface area contributed by atoms with Crippen molar-refractivity contribution in [1.29, 1.82) is 0 Å². The van der Waals surface area contributed by atoms with Crippen molar-refractivity contribution >= 4 is 27.6 Å². The Kier molecular flexibility index (Phi) is 6.49. The molecule has 0 saturated carbocycles. The molecule has 27 heavy (non-hydrogen) atoms. The molecule has 1 aliphatic rings. The maximum Gasteiger partial charge on any atom is 0.338 e. The van der Waals surface area contributed by atoms with Crippen LogP contribution in [0.3, 0.4) is 0 Å². The molecule has 1 fully saturated rings. The Morgan fingerprint density at radius 2 is 1.85 bits per heavy atom. The number of ether oxygens (including phenoxy) is 2. The molecule has 6 nitrogen and oxygen atoms in total. The lowest BCUT2D eigenvalue weighted by atomic mass is 10.2. The van der Waals surface area contributed by atoms with Gasteiger partial charge in [0, 0.05) is 18.2 Å². The van der Waals surface area contributed by atoms with Crippen molar-refractivity contribution < 1.29 is 22.7 Å². The smallest absolute Gasteiger partial charge is 0.338 e. The van der Waals surface area contributed by atoms with E-state index in [1.165, 1.54) is 24.3 Å². The SMILES string of the molecule is O=C(OCc1ccc(Cl)cc1)c1ccc(S(=O)(=O)NCC2CCCO2)cc1. The van der Waals surface area contributed by atoms with Gasteiger partial charge >= 0.3 is 5.97 Å². The molecular weight excluding hydrogens is 390 g/mol. The van der Waals surface area contributed by atoms with Crippen LogP contribution in [0.4, 0.5) is 0 Å². The van der Waals surface area contributed by atoms with Gasteiger partial charge in [-0.05, 0) is 54.8 Å². The highest BCUT2D eigenvalue weighted by Gasteiger charge is 2.20. The van der Waals surface area contributed by atoms with Gasteiger partial charge in [0.05, 0.1) is 16.6 Å². The van der Waals surface area contributed by atoms with E-state index >= 15 is 0 Å². The third-order valence-electron chi connectivity index (χ3n) is 4.21. The van der Waals surface area contributed by atoms with Crippen LogP contribution in [0.25, 0.3) is 0 Å². The first-order valence-electron chi connectivity index (χ1n) is 8.57. The van der Waals surface area contributed by atoms with Crippen molar-refractivity contribution in [2.24, 2.45) is 0 Å². The summed E-state index contributed by atoms with van der Waals surface area (Å²) in [7, 11) is -3.64. The van der Waals surface area contributed by atoms with Crippen LogP contribution >= 0.6 is 11.6 Å². The summed E-state index contributed by atoms with van der Waals surface area (Å²) in [6.45, 7) is 1.02. The average molecular weight is 410 g/mol. The van der Waals surface area contributed by atoms with Gasteiger partial charge in [0.25, 0.3) is 0 Å². The summed E-state index contributed by atoms with van der Waals surface area (Å²) in [6, 6.07) is 12.6. The summed E-state index contributed by atoms with van der Waals surface area (Å²) in [5, 5.41) is 0.606. The van der Waals surface area contributed by atoms with Gasteiger partial charge in [-0.3, -0.25) is 0 Å². The van der Waals surface area contributed by atoms with Gasteiger partial charge in [0.1, 0.15) is 6.61 Å². The van der Waals surface area contributed by atoms with Crippen molar-refractivity contribution in [2.75, 3.05) is 13.2 Å². The van der Waals surface area contributed by atoms with Crippen molar-refractivity contribution in [3.8, 4) is 0 Å². The Labute approximate surface area is 163 Å². The summed E-state index contributed by atoms with van der Waals surface area (Å²) < 4.78 is 37.8. The fourth-order valence-electron chi connectivity index (χ4n) is 2.67. The third-order valence-corrected chi connectivity index (χ3v) is 5.90. The Morgan fingerprint density at radius 1 is 1.15 bits per heavy atom. The zero-order chi connectivity index (χ0) is 19.3. The second-order valence-corrected chi connectivity index (χ2v) is 8.42. The molecule has 3 rings (SSSR count). The molecule has 0 radical (unpaired) electrons. The minimum atomic E-state index is -3.64. The lowest BCUT2D eigenvalue weighted by molar-refractivity contribution is 0.0472. The number of esters is 1. The molecule has 0 aliphatic carbocycles. The number of nitrogens with one attached hydrogen (secondary N) is 1. The van der Waals surface area contributed by atoms with E-state index in [1.54, 1.807) is 24.3 Å². The summed E-state index contributed by atoms with van der Waals surface area (Å²) in [5.41, 5.74) is 1.09. The van der Waals surface area contributed by atoms with Gasteiger partial charge < -0.3 is 9.47 Å². The number of halogens is 1. The Hall–Kier alpha value is -1.93. The number of rotatable bonds is 7. The average Bonchev–Trinajstić information content (AvgIpc) is 3.20. The molecule has 1 aliphatic heterocycles. The predicted octanol–water partition coefficient (Wildman–Crippen LogP) is 3.15. The van der Waals surface area contributed by atoms with Crippen LogP contribution in [-0.2, 0) is 26.1 Å². The molecule has 0 amide bonds. The second kappa shape index (κ2) is 8.84. The van der Waals surface area contributed by atoms with Crippen LogP contribution in [0.5, 0.6) is 0 Å². The first-order chi connectivity index (χ1) is 12.9. The lowest BCUT2D eigenvalue weighted by Crippen LogP contribution is -2.31. The summed E-state index contributed by atoms with van der Waals surface area (Å²) >= 11 is 5.81. The van der Waals surface area contributed by atoms with E-state index in [1.807, 2.05) is 0 Å². The fourth-order valence-corrected chi connectivity index (χ4v) is 3.87. The Balaban J connectivity index is 1.56. The van der Waals surface area contributed by atoms with Crippen LogP contribution in [0.2, 0.25) is 5.02 Å². The summed E-state index contributed by atoms with van der Waals surface area (Å²) in [6.07, 6.45) is 1.71. The maximum atomic E-state index is 12.3. The zero-order valence-electron chi connectivity index (χ0n) is 14.6. The quantitative estimate of drug-likeness (QED) is 0.710. The Morgan fingerprint density at radius 3 is 2.48 bits per heavy atom. The van der Waals surface area contributed by atoms with Crippen molar-refractivity contribution in [2.45, 2.75) is 30.4 Å². The normalized spacial score (nSPS) is 17.0. The van der Waals surface area contributed by atoms with E-state index in [4.69, 9.17) is 21.1 Å². The molecule has 1 heterocycles. The maximum absolute atomic E-state index is 12.3. The van der Waals surface area contributed by atoms with Crippen LogP contribution in [0.1, 0.15) is 28.8 Å². The molecule has 1 saturated heterocycles. The largest absolute Gasteiger partial charge is 0.457 e. The van der Waals surface area contributed by atoms with E-state index in [2.05, 4.69) is 4.72 Å². The Bertz CT molecular complexity index is 875. The van der Waals surface area contributed by atoms with Gasteiger partial charge in [0.15, 0.2) is 0 Å². The molecule has 0 spiro atoms. The van der Waals surface area contributed by atoms with Crippen LogP contribution in [0.15, 0.2) is 53.4 Å².